The Morgan fingerprint density at radius 2 is 2.00 bits per heavy atom. The summed E-state index contributed by atoms with van der Waals surface area (Å²) in [5, 5.41) is 0.499. The Balaban J connectivity index is 2.30. The standard InChI is InChI=1S/C14H17NO3S/c1-11(2)19(17,18)9-8-15-7-6-13-12(10-16)4-3-5-14(13)15/h3-7,10-11H,8-9H2,1-2H3. The zero-order valence-corrected chi connectivity index (χ0v) is 11.9. The van der Waals surface area contributed by atoms with Crippen LogP contribution in [-0.4, -0.2) is 30.3 Å². The van der Waals surface area contributed by atoms with Gasteiger partial charge < -0.3 is 4.57 Å². The fourth-order valence-electron chi connectivity index (χ4n) is 2.01. The molecular formula is C14H17NO3S. The van der Waals surface area contributed by atoms with Crippen LogP contribution in [0.15, 0.2) is 30.5 Å². The van der Waals surface area contributed by atoms with Crippen molar-refractivity contribution in [3.8, 4) is 0 Å². The third-order valence-electron chi connectivity index (χ3n) is 3.31. The van der Waals surface area contributed by atoms with Crippen molar-refractivity contribution >= 4 is 27.0 Å². The van der Waals surface area contributed by atoms with Crippen LogP contribution in [0.25, 0.3) is 10.9 Å². The number of carbonyl (C=O) groups excluding carboxylic acids is 1. The van der Waals surface area contributed by atoms with E-state index in [1.807, 2.05) is 22.9 Å². The quantitative estimate of drug-likeness (QED) is 0.789. The molecular weight excluding hydrogens is 262 g/mol. The normalized spacial score (nSPS) is 12.2. The van der Waals surface area contributed by atoms with Crippen LogP contribution < -0.4 is 0 Å². The maximum atomic E-state index is 11.8. The van der Waals surface area contributed by atoms with Gasteiger partial charge in [-0.15, -0.1) is 0 Å². The Bertz CT molecular complexity index is 699. The second-order valence-electron chi connectivity index (χ2n) is 4.82. The van der Waals surface area contributed by atoms with Crippen molar-refractivity contribution in [2.24, 2.45) is 0 Å². The van der Waals surface area contributed by atoms with Crippen LogP contribution in [0.1, 0.15) is 24.2 Å². The van der Waals surface area contributed by atoms with Crippen molar-refractivity contribution in [1.82, 2.24) is 4.57 Å². The number of sulfone groups is 1. The molecule has 1 heterocycles. The maximum absolute atomic E-state index is 11.8. The molecule has 0 N–H and O–H groups in total. The van der Waals surface area contributed by atoms with Gasteiger partial charge in [0.15, 0.2) is 16.1 Å². The molecule has 1 aromatic heterocycles. The summed E-state index contributed by atoms with van der Waals surface area (Å²) < 4.78 is 25.5. The van der Waals surface area contributed by atoms with Crippen LogP contribution in [0.4, 0.5) is 0 Å². The van der Waals surface area contributed by atoms with Gasteiger partial charge in [0.25, 0.3) is 0 Å². The highest BCUT2D eigenvalue weighted by Gasteiger charge is 2.16. The Hall–Kier alpha value is -1.62. The first kappa shape index (κ1) is 13.8. The topological polar surface area (TPSA) is 56.1 Å². The Kier molecular flexibility index (Phi) is 3.75. The molecule has 2 rings (SSSR count). The highest BCUT2D eigenvalue weighted by molar-refractivity contribution is 7.91. The van der Waals surface area contributed by atoms with E-state index in [0.717, 1.165) is 17.2 Å². The molecule has 5 heteroatoms. The van der Waals surface area contributed by atoms with Crippen LogP contribution in [0, 0.1) is 0 Å². The van der Waals surface area contributed by atoms with Crippen LogP contribution >= 0.6 is 0 Å². The second-order valence-corrected chi connectivity index (χ2v) is 7.50. The van der Waals surface area contributed by atoms with Gasteiger partial charge in [-0.3, -0.25) is 4.79 Å². The van der Waals surface area contributed by atoms with E-state index in [2.05, 4.69) is 0 Å². The molecule has 1 aromatic carbocycles. The van der Waals surface area contributed by atoms with Crippen LogP contribution in [0.2, 0.25) is 0 Å². The number of hydrogen-bond donors (Lipinski definition) is 0. The number of aryl methyl sites for hydroxylation is 1. The van der Waals surface area contributed by atoms with E-state index in [-0.39, 0.29) is 11.0 Å². The van der Waals surface area contributed by atoms with Gasteiger partial charge in [0.2, 0.25) is 0 Å². The molecule has 19 heavy (non-hydrogen) atoms. The summed E-state index contributed by atoms with van der Waals surface area (Å²) in [5.41, 5.74) is 1.52. The highest BCUT2D eigenvalue weighted by atomic mass is 32.2. The molecule has 0 saturated heterocycles. The Morgan fingerprint density at radius 1 is 1.26 bits per heavy atom. The summed E-state index contributed by atoms with van der Waals surface area (Å²) in [7, 11) is -3.05. The van der Waals surface area contributed by atoms with Crippen molar-refractivity contribution in [3.05, 3.63) is 36.0 Å². The first-order chi connectivity index (χ1) is 8.95. The maximum Gasteiger partial charge on any atom is 0.154 e. The summed E-state index contributed by atoms with van der Waals surface area (Å²) in [6.07, 6.45) is 2.64. The van der Waals surface area contributed by atoms with Gasteiger partial charge in [-0.2, -0.15) is 0 Å². The molecule has 0 atom stereocenters. The van der Waals surface area contributed by atoms with E-state index in [4.69, 9.17) is 0 Å². The third kappa shape index (κ3) is 2.71. The van der Waals surface area contributed by atoms with Crippen molar-refractivity contribution < 1.29 is 13.2 Å². The Labute approximate surface area is 113 Å². The molecule has 0 fully saturated rings. The van der Waals surface area contributed by atoms with E-state index < -0.39 is 9.84 Å². The minimum atomic E-state index is -3.05. The minimum absolute atomic E-state index is 0.111. The molecule has 0 aliphatic carbocycles. The lowest BCUT2D eigenvalue weighted by Gasteiger charge is -2.09. The smallest absolute Gasteiger partial charge is 0.154 e. The number of carbonyl (C=O) groups is 1. The zero-order chi connectivity index (χ0) is 14.0. The number of aromatic nitrogens is 1. The first-order valence-corrected chi connectivity index (χ1v) is 7.92. The predicted molar refractivity (Wildman–Crippen MR) is 76.2 cm³/mol. The average molecular weight is 279 g/mol. The van der Waals surface area contributed by atoms with E-state index in [1.54, 1.807) is 26.0 Å². The molecule has 0 bridgehead atoms. The molecule has 0 radical (unpaired) electrons. The molecule has 102 valence electrons. The highest BCUT2D eigenvalue weighted by Crippen LogP contribution is 2.19. The molecule has 0 saturated carbocycles. The summed E-state index contributed by atoms with van der Waals surface area (Å²) in [6.45, 7) is 3.79. The lowest BCUT2D eigenvalue weighted by atomic mass is 10.1. The summed E-state index contributed by atoms with van der Waals surface area (Å²) in [4.78, 5) is 10.9. The van der Waals surface area contributed by atoms with Crippen molar-refractivity contribution in [2.45, 2.75) is 25.6 Å². The van der Waals surface area contributed by atoms with Gasteiger partial charge in [0.05, 0.1) is 11.0 Å². The fraction of sp³-hybridized carbons (Fsp3) is 0.357. The van der Waals surface area contributed by atoms with E-state index in [1.165, 1.54) is 0 Å². The number of aldehydes is 1. The number of hydrogen-bond acceptors (Lipinski definition) is 3. The minimum Gasteiger partial charge on any atom is -0.346 e. The van der Waals surface area contributed by atoms with E-state index in [0.29, 0.717) is 12.1 Å². The summed E-state index contributed by atoms with van der Waals surface area (Å²) >= 11 is 0. The molecule has 0 amide bonds. The first-order valence-electron chi connectivity index (χ1n) is 6.20. The van der Waals surface area contributed by atoms with Crippen molar-refractivity contribution in [3.63, 3.8) is 0 Å². The molecule has 0 unspecified atom stereocenters. The number of fused-ring (bicyclic) bond motifs is 1. The number of rotatable bonds is 5. The Morgan fingerprint density at radius 3 is 2.63 bits per heavy atom. The average Bonchev–Trinajstić information content (AvgIpc) is 2.79. The molecule has 0 aliphatic rings. The predicted octanol–water partition coefficient (Wildman–Crippen LogP) is 2.28. The van der Waals surface area contributed by atoms with Crippen LogP contribution in [0.3, 0.4) is 0 Å². The number of nitrogens with zero attached hydrogens (tertiary/aromatic N) is 1. The largest absolute Gasteiger partial charge is 0.346 e. The molecule has 2 aromatic rings. The number of benzene rings is 1. The summed E-state index contributed by atoms with van der Waals surface area (Å²) in [6, 6.07) is 7.30. The van der Waals surface area contributed by atoms with Gasteiger partial charge in [-0.1, -0.05) is 12.1 Å². The van der Waals surface area contributed by atoms with E-state index >= 15 is 0 Å². The van der Waals surface area contributed by atoms with Crippen molar-refractivity contribution in [2.75, 3.05) is 5.75 Å². The summed E-state index contributed by atoms with van der Waals surface area (Å²) in [5.74, 6) is 0.111. The monoisotopic (exact) mass is 279 g/mol. The van der Waals surface area contributed by atoms with Gasteiger partial charge >= 0.3 is 0 Å². The molecule has 0 spiro atoms. The van der Waals surface area contributed by atoms with Crippen LogP contribution in [0.5, 0.6) is 0 Å². The molecule has 4 nitrogen and oxygen atoms in total. The van der Waals surface area contributed by atoms with E-state index in [9.17, 15) is 13.2 Å². The lowest BCUT2D eigenvalue weighted by molar-refractivity contribution is 0.112. The zero-order valence-electron chi connectivity index (χ0n) is 11.0. The van der Waals surface area contributed by atoms with Crippen molar-refractivity contribution in [1.29, 1.82) is 0 Å². The second kappa shape index (κ2) is 5.17. The fourth-order valence-corrected chi connectivity index (χ4v) is 2.93. The SMILES string of the molecule is CC(C)S(=O)(=O)CCn1ccc2c(C=O)cccc21. The lowest BCUT2D eigenvalue weighted by Crippen LogP contribution is -2.20. The van der Waals surface area contributed by atoms with Gasteiger partial charge in [0.1, 0.15) is 0 Å². The molecule has 0 aliphatic heterocycles. The van der Waals surface area contributed by atoms with Gasteiger partial charge in [-0.05, 0) is 26.0 Å². The van der Waals surface area contributed by atoms with Gasteiger partial charge in [-0.25, -0.2) is 8.42 Å². The van der Waals surface area contributed by atoms with Crippen LogP contribution in [-0.2, 0) is 16.4 Å². The van der Waals surface area contributed by atoms with Gasteiger partial charge in [0, 0.05) is 29.2 Å². The third-order valence-corrected chi connectivity index (χ3v) is 5.50.